The number of aliphatic hydroxyl groups excluding tert-OH is 1. The lowest BCUT2D eigenvalue weighted by Gasteiger charge is -2.30. The first-order valence-electron chi connectivity index (χ1n) is 5.43. The second-order valence-corrected chi connectivity index (χ2v) is 4.04. The van der Waals surface area contributed by atoms with Gasteiger partial charge in [0, 0.05) is 6.04 Å². The van der Waals surface area contributed by atoms with E-state index < -0.39 is 0 Å². The fraction of sp³-hybridized carbons (Fsp3) is 1.00. The fourth-order valence-corrected chi connectivity index (χ4v) is 1.69. The summed E-state index contributed by atoms with van der Waals surface area (Å²) in [7, 11) is 1.92. The third-order valence-electron chi connectivity index (χ3n) is 3.30. The van der Waals surface area contributed by atoms with Gasteiger partial charge in [-0.2, -0.15) is 0 Å². The number of nitrogens with one attached hydrogen (secondary N) is 1. The van der Waals surface area contributed by atoms with Crippen molar-refractivity contribution in [3.8, 4) is 0 Å². The third-order valence-corrected chi connectivity index (χ3v) is 3.30. The van der Waals surface area contributed by atoms with Crippen LogP contribution in [0.1, 0.15) is 40.5 Å². The van der Waals surface area contributed by atoms with Gasteiger partial charge < -0.3 is 10.4 Å². The average molecular weight is 187 g/mol. The summed E-state index contributed by atoms with van der Waals surface area (Å²) in [4.78, 5) is 0. The van der Waals surface area contributed by atoms with Crippen molar-refractivity contribution in [1.29, 1.82) is 0 Å². The molecule has 0 aromatic rings. The molecule has 0 aromatic heterocycles. The number of likely N-dealkylation sites (N-methyl/N-ethyl adjacent to an activating group) is 1. The molecule has 0 rings (SSSR count). The molecule has 0 amide bonds. The molecule has 0 saturated heterocycles. The first-order chi connectivity index (χ1) is 6.08. The minimum atomic E-state index is -0.218. The topological polar surface area (TPSA) is 32.3 Å². The molecule has 0 fully saturated rings. The molecule has 0 aromatic carbocycles. The van der Waals surface area contributed by atoms with Gasteiger partial charge in [-0.25, -0.2) is 0 Å². The van der Waals surface area contributed by atoms with Crippen LogP contribution in [0.2, 0.25) is 0 Å². The predicted octanol–water partition coefficient (Wildman–Crippen LogP) is 2.03. The Bertz CT molecular complexity index is 123. The van der Waals surface area contributed by atoms with E-state index in [1.807, 2.05) is 7.05 Å². The Balaban J connectivity index is 4.13. The van der Waals surface area contributed by atoms with E-state index in [2.05, 4.69) is 33.0 Å². The van der Waals surface area contributed by atoms with Crippen LogP contribution in [-0.2, 0) is 0 Å². The quantitative estimate of drug-likeness (QED) is 0.667. The molecule has 0 aliphatic rings. The Morgan fingerprint density at radius 1 is 1.15 bits per heavy atom. The van der Waals surface area contributed by atoms with Crippen molar-refractivity contribution in [2.45, 2.75) is 52.7 Å². The smallest absolute Gasteiger partial charge is 0.0720 e. The Hall–Kier alpha value is -0.0800. The first-order valence-corrected chi connectivity index (χ1v) is 5.43. The Kier molecular flexibility index (Phi) is 6.35. The summed E-state index contributed by atoms with van der Waals surface area (Å²) in [6, 6.07) is 0.240. The highest BCUT2D eigenvalue weighted by Crippen LogP contribution is 2.21. The van der Waals surface area contributed by atoms with Crippen LogP contribution >= 0.6 is 0 Å². The standard InChI is InChI=1S/C11H25NO/c1-6-8(3)9(4)11(13)10(7-2)12-5/h8-13H,6-7H2,1-5H3. The van der Waals surface area contributed by atoms with Crippen LogP contribution in [-0.4, -0.2) is 24.3 Å². The van der Waals surface area contributed by atoms with Crippen molar-refractivity contribution >= 4 is 0 Å². The van der Waals surface area contributed by atoms with Crippen LogP contribution in [0.25, 0.3) is 0 Å². The van der Waals surface area contributed by atoms with E-state index in [9.17, 15) is 5.11 Å². The molecule has 80 valence electrons. The van der Waals surface area contributed by atoms with Crippen LogP contribution in [0.15, 0.2) is 0 Å². The highest BCUT2D eigenvalue weighted by atomic mass is 16.3. The van der Waals surface area contributed by atoms with Crippen molar-refractivity contribution in [2.75, 3.05) is 7.05 Å². The molecule has 0 aliphatic heterocycles. The largest absolute Gasteiger partial charge is 0.391 e. The Labute approximate surface area is 82.7 Å². The molecule has 0 heterocycles. The summed E-state index contributed by atoms with van der Waals surface area (Å²) in [6.07, 6.45) is 1.90. The molecular weight excluding hydrogens is 162 g/mol. The molecule has 2 N–H and O–H groups in total. The second-order valence-electron chi connectivity index (χ2n) is 4.04. The summed E-state index contributed by atoms with van der Waals surface area (Å²) in [5.74, 6) is 0.972. The van der Waals surface area contributed by atoms with E-state index in [4.69, 9.17) is 0 Å². The molecule has 0 radical (unpaired) electrons. The summed E-state index contributed by atoms with van der Waals surface area (Å²) in [5, 5.41) is 13.2. The molecule has 0 saturated carbocycles. The number of aliphatic hydroxyl groups is 1. The van der Waals surface area contributed by atoms with Gasteiger partial charge in [-0.05, 0) is 25.3 Å². The zero-order valence-electron chi connectivity index (χ0n) is 9.67. The second kappa shape index (κ2) is 6.39. The maximum Gasteiger partial charge on any atom is 0.0720 e. The number of hydrogen-bond acceptors (Lipinski definition) is 2. The normalized spacial score (nSPS) is 20.8. The van der Waals surface area contributed by atoms with E-state index in [-0.39, 0.29) is 12.1 Å². The van der Waals surface area contributed by atoms with Crippen molar-refractivity contribution < 1.29 is 5.11 Å². The summed E-state index contributed by atoms with van der Waals surface area (Å²) < 4.78 is 0. The SMILES string of the molecule is CCC(C)C(C)C(O)C(CC)NC. The van der Waals surface area contributed by atoms with E-state index in [1.165, 1.54) is 0 Å². The summed E-state index contributed by atoms with van der Waals surface area (Å²) in [6.45, 7) is 8.62. The lowest BCUT2D eigenvalue weighted by atomic mass is 9.85. The molecule has 13 heavy (non-hydrogen) atoms. The van der Waals surface area contributed by atoms with Crippen molar-refractivity contribution in [3.05, 3.63) is 0 Å². The summed E-state index contributed by atoms with van der Waals surface area (Å²) in [5.41, 5.74) is 0. The van der Waals surface area contributed by atoms with Crippen molar-refractivity contribution in [2.24, 2.45) is 11.8 Å². The van der Waals surface area contributed by atoms with E-state index in [0.717, 1.165) is 12.8 Å². The lowest BCUT2D eigenvalue weighted by Crippen LogP contribution is -2.42. The molecule has 0 spiro atoms. The minimum absolute atomic E-state index is 0.218. The van der Waals surface area contributed by atoms with Crippen molar-refractivity contribution in [1.82, 2.24) is 5.32 Å². The van der Waals surface area contributed by atoms with Crippen LogP contribution < -0.4 is 5.32 Å². The van der Waals surface area contributed by atoms with Gasteiger partial charge in [0.2, 0.25) is 0 Å². The third kappa shape index (κ3) is 3.65. The van der Waals surface area contributed by atoms with Gasteiger partial charge in [0.05, 0.1) is 6.10 Å². The number of rotatable bonds is 6. The fourth-order valence-electron chi connectivity index (χ4n) is 1.69. The van der Waals surface area contributed by atoms with Crippen LogP contribution in [0.4, 0.5) is 0 Å². The van der Waals surface area contributed by atoms with Gasteiger partial charge >= 0.3 is 0 Å². The Morgan fingerprint density at radius 2 is 1.69 bits per heavy atom. The predicted molar refractivity (Wildman–Crippen MR) is 57.8 cm³/mol. The minimum Gasteiger partial charge on any atom is -0.391 e. The maximum atomic E-state index is 10.0. The van der Waals surface area contributed by atoms with Gasteiger partial charge in [-0.15, -0.1) is 0 Å². The van der Waals surface area contributed by atoms with Gasteiger partial charge in [-0.3, -0.25) is 0 Å². The van der Waals surface area contributed by atoms with Gasteiger partial charge in [0.1, 0.15) is 0 Å². The number of hydrogen-bond donors (Lipinski definition) is 2. The molecule has 2 nitrogen and oxygen atoms in total. The molecule has 0 bridgehead atoms. The average Bonchev–Trinajstić information content (AvgIpc) is 2.17. The highest BCUT2D eigenvalue weighted by Gasteiger charge is 2.25. The molecule has 2 heteroatoms. The summed E-state index contributed by atoms with van der Waals surface area (Å²) >= 11 is 0. The van der Waals surface area contributed by atoms with Gasteiger partial charge in [0.25, 0.3) is 0 Å². The van der Waals surface area contributed by atoms with Crippen LogP contribution in [0.5, 0.6) is 0 Å². The zero-order chi connectivity index (χ0) is 10.4. The monoisotopic (exact) mass is 187 g/mol. The first kappa shape index (κ1) is 12.9. The molecule has 4 atom stereocenters. The van der Waals surface area contributed by atoms with Gasteiger partial charge in [-0.1, -0.05) is 34.1 Å². The van der Waals surface area contributed by atoms with E-state index >= 15 is 0 Å². The van der Waals surface area contributed by atoms with Gasteiger partial charge in [0.15, 0.2) is 0 Å². The van der Waals surface area contributed by atoms with Crippen LogP contribution in [0.3, 0.4) is 0 Å². The Morgan fingerprint density at radius 3 is 2.00 bits per heavy atom. The zero-order valence-corrected chi connectivity index (χ0v) is 9.67. The molecule has 4 unspecified atom stereocenters. The molecule has 0 aliphatic carbocycles. The molecular formula is C11H25NO. The maximum absolute atomic E-state index is 10.0. The lowest BCUT2D eigenvalue weighted by molar-refractivity contribution is 0.0520. The van der Waals surface area contributed by atoms with E-state index in [1.54, 1.807) is 0 Å². The van der Waals surface area contributed by atoms with Crippen molar-refractivity contribution in [3.63, 3.8) is 0 Å². The van der Waals surface area contributed by atoms with E-state index in [0.29, 0.717) is 11.8 Å². The highest BCUT2D eigenvalue weighted by molar-refractivity contribution is 4.79. The van der Waals surface area contributed by atoms with Crippen LogP contribution in [0, 0.1) is 11.8 Å².